The van der Waals surface area contributed by atoms with E-state index in [0.29, 0.717) is 6.04 Å². The smallest absolute Gasteiger partial charge is 0.224 e. The first-order valence-corrected chi connectivity index (χ1v) is 6.89. The van der Waals surface area contributed by atoms with Crippen molar-refractivity contribution in [1.82, 2.24) is 15.5 Å². The summed E-state index contributed by atoms with van der Waals surface area (Å²) < 4.78 is 0. The largest absolute Gasteiger partial charge is 0.354 e. The number of carbonyl (C=O) groups excluding carboxylic acids is 1. The second kappa shape index (κ2) is 9.01. The number of amides is 1. The number of nitrogens with one attached hydrogen (secondary N) is 2. The molecule has 2 rings (SSSR count). The third-order valence-corrected chi connectivity index (χ3v) is 4.06. The zero-order valence-corrected chi connectivity index (χ0v) is 13.5. The van der Waals surface area contributed by atoms with Gasteiger partial charge in [0.1, 0.15) is 0 Å². The van der Waals surface area contributed by atoms with E-state index in [9.17, 15) is 4.79 Å². The van der Waals surface area contributed by atoms with Crippen LogP contribution >= 0.6 is 24.8 Å². The molecule has 1 amide bonds. The molecule has 2 N–H and O–H groups in total. The number of rotatable bonds is 5. The van der Waals surface area contributed by atoms with Gasteiger partial charge >= 0.3 is 0 Å². The van der Waals surface area contributed by atoms with Crippen LogP contribution in [0.1, 0.15) is 32.6 Å². The van der Waals surface area contributed by atoms with Gasteiger partial charge in [0, 0.05) is 25.2 Å². The van der Waals surface area contributed by atoms with Crippen LogP contribution in [0.5, 0.6) is 0 Å². The van der Waals surface area contributed by atoms with E-state index in [1.165, 1.54) is 12.8 Å². The van der Waals surface area contributed by atoms with Crippen molar-refractivity contribution in [2.75, 3.05) is 26.7 Å². The summed E-state index contributed by atoms with van der Waals surface area (Å²) in [5.41, 5.74) is 0. The van der Waals surface area contributed by atoms with Crippen molar-refractivity contribution in [2.24, 2.45) is 5.92 Å². The molecule has 0 radical (unpaired) electrons. The van der Waals surface area contributed by atoms with Crippen LogP contribution in [-0.2, 0) is 4.79 Å². The van der Waals surface area contributed by atoms with Crippen molar-refractivity contribution in [3.05, 3.63) is 0 Å². The molecular formula is C13H27Cl2N3O. The van der Waals surface area contributed by atoms with Gasteiger partial charge in [-0.1, -0.05) is 0 Å². The van der Waals surface area contributed by atoms with Gasteiger partial charge in [-0.3, -0.25) is 9.69 Å². The maximum Gasteiger partial charge on any atom is 0.224 e. The van der Waals surface area contributed by atoms with Gasteiger partial charge in [-0.25, -0.2) is 0 Å². The number of halogens is 2. The van der Waals surface area contributed by atoms with Crippen LogP contribution in [0.3, 0.4) is 0 Å². The molecule has 2 atom stereocenters. The third kappa shape index (κ3) is 5.86. The van der Waals surface area contributed by atoms with Crippen molar-refractivity contribution in [3.8, 4) is 0 Å². The van der Waals surface area contributed by atoms with Crippen molar-refractivity contribution in [1.29, 1.82) is 0 Å². The fourth-order valence-corrected chi connectivity index (χ4v) is 2.45. The van der Waals surface area contributed by atoms with Gasteiger partial charge in [0.05, 0.1) is 5.92 Å². The standard InChI is InChI=1S/C13H25N3O.2ClH/c1-10(16(2)12-5-6-12)8-15-13(17)11-4-3-7-14-9-11;;/h10-12,14H,3-9H2,1-2H3,(H,15,17);2*1H/t10?,11-;;/m1../s1. The molecule has 0 aromatic heterocycles. The molecular weight excluding hydrogens is 285 g/mol. The molecule has 0 bridgehead atoms. The Hall–Kier alpha value is -0.0300. The summed E-state index contributed by atoms with van der Waals surface area (Å²) in [4.78, 5) is 14.3. The Kier molecular flexibility index (Phi) is 8.99. The summed E-state index contributed by atoms with van der Waals surface area (Å²) in [5, 5.41) is 6.38. The fourth-order valence-electron chi connectivity index (χ4n) is 2.45. The molecule has 6 heteroatoms. The maximum absolute atomic E-state index is 11.9. The van der Waals surface area contributed by atoms with E-state index in [0.717, 1.165) is 38.5 Å². The lowest BCUT2D eigenvalue weighted by atomic mass is 9.99. The SMILES string of the molecule is CC(CNC(=O)[C@@H]1CCCNC1)N(C)C1CC1.Cl.Cl. The van der Waals surface area contributed by atoms with Crippen LogP contribution in [0.2, 0.25) is 0 Å². The van der Waals surface area contributed by atoms with Gasteiger partial charge in [0.15, 0.2) is 0 Å². The van der Waals surface area contributed by atoms with E-state index in [4.69, 9.17) is 0 Å². The van der Waals surface area contributed by atoms with Crippen LogP contribution in [0.15, 0.2) is 0 Å². The normalized spacial score (nSPS) is 24.1. The Morgan fingerprint density at radius 3 is 2.58 bits per heavy atom. The molecule has 1 saturated carbocycles. The molecule has 1 aliphatic carbocycles. The van der Waals surface area contributed by atoms with Gasteiger partial charge in [-0.2, -0.15) is 0 Å². The summed E-state index contributed by atoms with van der Waals surface area (Å²) >= 11 is 0. The van der Waals surface area contributed by atoms with Crippen molar-refractivity contribution < 1.29 is 4.79 Å². The molecule has 2 aliphatic rings. The molecule has 2 fully saturated rings. The Morgan fingerprint density at radius 2 is 2.05 bits per heavy atom. The number of carbonyl (C=O) groups is 1. The van der Waals surface area contributed by atoms with Crippen molar-refractivity contribution in [3.63, 3.8) is 0 Å². The van der Waals surface area contributed by atoms with E-state index in [-0.39, 0.29) is 36.6 Å². The summed E-state index contributed by atoms with van der Waals surface area (Å²) in [7, 11) is 2.16. The lowest BCUT2D eigenvalue weighted by molar-refractivity contribution is -0.125. The summed E-state index contributed by atoms with van der Waals surface area (Å²) in [5.74, 6) is 0.412. The molecule has 19 heavy (non-hydrogen) atoms. The molecule has 1 unspecified atom stereocenters. The minimum Gasteiger partial charge on any atom is -0.354 e. The van der Waals surface area contributed by atoms with E-state index in [1.54, 1.807) is 0 Å². The van der Waals surface area contributed by atoms with Gasteiger partial charge in [-0.15, -0.1) is 24.8 Å². The van der Waals surface area contributed by atoms with Crippen LogP contribution in [-0.4, -0.2) is 49.6 Å². The molecule has 1 aliphatic heterocycles. The molecule has 1 saturated heterocycles. The van der Waals surface area contributed by atoms with Crippen molar-refractivity contribution >= 4 is 30.7 Å². The third-order valence-electron chi connectivity index (χ3n) is 4.06. The zero-order chi connectivity index (χ0) is 12.3. The number of hydrogen-bond donors (Lipinski definition) is 2. The number of nitrogens with zero attached hydrogens (tertiary/aromatic N) is 1. The average molecular weight is 312 g/mol. The predicted molar refractivity (Wildman–Crippen MR) is 83.3 cm³/mol. The summed E-state index contributed by atoms with van der Waals surface area (Å²) in [6.07, 6.45) is 4.80. The minimum atomic E-state index is 0. The van der Waals surface area contributed by atoms with E-state index in [1.807, 2.05) is 0 Å². The second-order valence-electron chi connectivity index (χ2n) is 5.53. The highest BCUT2D eigenvalue weighted by Crippen LogP contribution is 2.26. The highest BCUT2D eigenvalue weighted by atomic mass is 35.5. The first kappa shape index (κ1) is 19.0. The Bertz CT molecular complexity index is 269. The van der Waals surface area contributed by atoms with E-state index in [2.05, 4.69) is 29.5 Å². The fraction of sp³-hybridized carbons (Fsp3) is 0.923. The number of likely N-dealkylation sites (N-methyl/N-ethyl adjacent to an activating group) is 1. The second-order valence-corrected chi connectivity index (χ2v) is 5.53. The van der Waals surface area contributed by atoms with Crippen LogP contribution in [0.4, 0.5) is 0 Å². The van der Waals surface area contributed by atoms with Gasteiger partial charge in [0.2, 0.25) is 5.91 Å². The average Bonchev–Trinajstić information content (AvgIpc) is 3.20. The summed E-state index contributed by atoms with van der Waals surface area (Å²) in [6, 6.07) is 1.21. The molecule has 114 valence electrons. The van der Waals surface area contributed by atoms with Crippen LogP contribution < -0.4 is 10.6 Å². The highest BCUT2D eigenvalue weighted by molar-refractivity contribution is 5.85. The highest BCUT2D eigenvalue weighted by Gasteiger charge is 2.29. The van der Waals surface area contributed by atoms with Gasteiger partial charge in [-0.05, 0) is 46.2 Å². The van der Waals surface area contributed by atoms with E-state index >= 15 is 0 Å². The summed E-state index contributed by atoms with van der Waals surface area (Å²) in [6.45, 7) is 4.88. The molecule has 0 spiro atoms. The Labute approximate surface area is 128 Å². The molecule has 1 heterocycles. The quantitative estimate of drug-likeness (QED) is 0.807. The molecule has 0 aromatic carbocycles. The molecule has 0 aromatic rings. The number of piperidine rings is 1. The lowest BCUT2D eigenvalue weighted by Gasteiger charge is -2.27. The minimum absolute atomic E-state index is 0. The van der Waals surface area contributed by atoms with Crippen molar-refractivity contribution in [2.45, 2.75) is 44.7 Å². The first-order valence-electron chi connectivity index (χ1n) is 6.89. The zero-order valence-electron chi connectivity index (χ0n) is 11.9. The van der Waals surface area contributed by atoms with Crippen LogP contribution in [0.25, 0.3) is 0 Å². The predicted octanol–water partition coefficient (Wildman–Crippen LogP) is 1.43. The first-order chi connectivity index (χ1) is 8.18. The number of hydrogen-bond acceptors (Lipinski definition) is 3. The maximum atomic E-state index is 11.9. The van der Waals surface area contributed by atoms with Crippen LogP contribution in [0, 0.1) is 5.92 Å². The molecule has 4 nitrogen and oxygen atoms in total. The Balaban J connectivity index is 0.00000162. The van der Waals surface area contributed by atoms with Gasteiger partial charge < -0.3 is 10.6 Å². The topological polar surface area (TPSA) is 44.4 Å². The van der Waals surface area contributed by atoms with Gasteiger partial charge in [0.25, 0.3) is 0 Å². The Morgan fingerprint density at radius 1 is 1.37 bits per heavy atom. The monoisotopic (exact) mass is 311 g/mol. The lowest BCUT2D eigenvalue weighted by Crippen LogP contribution is -2.45. The van der Waals surface area contributed by atoms with E-state index < -0.39 is 0 Å².